The molecule has 0 aliphatic carbocycles. The monoisotopic (exact) mass is 243 g/mol. The molecule has 16 heavy (non-hydrogen) atoms. The first-order valence-corrected chi connectivity index (χ1v) is 10.3. The number of ether oxygens (including phenoxy) is 1. The zero-order valence-electron chi connectivity index (χ0n) is 11.7. The summed E-state index contributed by atoms with van der Waals surface area (Å²) in [4.78, 5) is 0. The Bertz CT molecular complexity index is 204. The molecule has 1 N–H and O–H groups in total. The summed E-state index contributed by atoms with van der Waals surface area (Å²) in [5.74, 6) is 0. The third kappa shape index (κ3) is 4.98. The molecule has 0 spiro atoms. The van der Waals surface area contributed by atoms with Gasteiger partial charge in [-0.15, -0.1) is 0 Å². The van der Waals surface area contributed by atoms with E-state index < -0.39 is 8.07 Å². The van der Waals surface area contributed by atoms with Gasteiger partial charge in [0.15, 0.2) is 0 Å². The molecule has 1 heterocycles. The molecule has 0 aromatic heterocycles. The lowest BCUT2D eigenvalue weighted by Crippen LogP contribution is -2.45. The molecule has 0 amide bonds. The molecule has 2 nitrogen and oxygen atoms in total. The van der Waals surface area contributed by atoms with E-state index in [4.69, 9.17) is 4.74 Å². The van der Waals surface area contributed by atoms with Gasteiger partial charge >= 0.3 is 0 Å². The summed E-state index contributed by atoms with van der Waals surface area (Å²) in [6.07, 6.45) is 2.49. The predicted octanol–water partition coefficient (Wildman–Crippen LogP) is 3.12. The van der Waals surface area contributed by atoms with Crippen molar-refractivity contribution in [1.29, 1.82) is 0 Å². The number of hydrogen-bond donors (Lipinski definition) is 1. The van der Waals surface area contributed by atoms with Crippen LogP contribution < -0.4 is 5.32 Å². The molecule has 96 valence electrons. The van der Waals surface area contributed by atoms with Crippen LogP contribution in [0.25, 0.3) is 0 Å². The first-order valence-electron chi connectivity index (χ1n) is 6.64. The van der Waals surface area contributed by atoms with Crippen molar-refractivity contribution in [3.05, 3.63) is 0 Å². The Morgan fingerprint density at radius 1 is 1.19 bits per heavy atom. The van der Waals surface area contributed by atoms with Crippen molar-refractivity contribution in [2.45, 2.75) is 58.4 Å². The van der Waals surface area contributed by atoms with Crippen molar-refractivity contribution in [2.75, 3.05) is 19.8 Å². The molecular weight excluding hydrogens is 214 g/mol. The van der Waals surface area contributed by atoms with E-state index in [2.05, 4.69) is 38.8 Å². The van der Waals surface area contributed by atoms with Crippen LogP contribution in [0.2, 0.25) is 25.7 Å². The van der Waals surface area contributed by atoms with Crippen molar-refractivity contribution >= 4 is 8.07 Å². The molecular formula is C13H29NOSi. The third-order valence-electron chi connectivity index (χ3n) is 3.34. The van der Waals surface area contributed by atoms with Crippen LogP contribution in [0, 0.1) is 5.41 Å². The fourth-order valence-corrected chi connectivity index (χ4v) is 5.49. The number of hydrogen-bond acceptors (Lipinski definition) is 2. The summed E-state index contributed by atoms with van der Waals surface area (Å²) in [5, 5.41) is 3.65. The van der Waals surface area contributed by atoms with Gasteiger partial charge in [0, 0.05) is 33.9 Å². The van der Waals surface area contributed by atoms with Crippen LogP contribution in [-0.4, -0.2) is 33.9 Å². The second kappa shape index (κ2) is 5.65. The van der Waals surface area contributed by atoms with Gasteiger partial charge in [0.05, 0.1) is 0 Å². The summed E-state index contributed by atoms with van der Waals surface area (Å²) in [6.45, 7) is 15.0. The summed E-state index contributed by atoms with van der Waals surface area (Å²) in [7, 11) is -0.985. The van der Waals surface area contributed by atoms with Crippen molar-refractivity contribution in [1.82, 2.24) is 5.32 Å². The standard InChI is InChI=1S/C13H29NOSi/c1-12(2)14-10-13(11-16(3,4)5)6-8-15-9-7-13/h12,14H,6-11H2,1-5H3. The summed E-state index contributed by atoms with van der Waals surface area (Å²) < 4.78 is 5.53. The van der Waals surface area contributed by atoms with Crippen LogP contribution in [0.1, 0.15) is 26.7 Å². The Hall–Kier alpha value is 0.137. The molecule has 1 fully saturated rings. The van der Waals surface area contributed by atoms with Crippen LogP contribution in [0.5, 0.6) is 0 Å². The van der Waals surface area contributed by atoms with Crippen molar-refractivity contribution in [3.8, 4) is 0 Å². The Labute approximate surface area is 102 Å². The summed E-state index contributed by atoms with van der Waals surface area (Å²) in [5.41, 5.74) is 0.521. The predicted molar refractivity (Wildman–Crippen MR) is 73.8 cm³/mol. The van der Waals surface area contributed by atoms with Crippen LogP contribution in [0.4, 0.5) is 0 Å². The average Bonchev–Trinajstić information content (AvgIpc) is 2.14. The molecule has 3 heteroatoms. The largest absolute Gasteiger partial charge is 0.381 e. The van der Waals surface area contributed by atoms with E-state index in [0.717, 1.165) is 13.2 Å². The van der Waals surface area contributed by atoms with Gasteiger partial charge in [0.1, 0.15) is 0 Å². The first kappa shape index (κ1) is 14.2. The maximum atomic E-state index is 5.53. The van der Waals surface area contributed by atoms with Crippen molar-refractivity contribution in [2.24, 2.45) is 5.41 Å². The highest BCUT2D eigenvalue weighted by molar-refractivity contribution is 6.76. The van der Waals surface area contributed by atoms with E-state index in [1.807, 2.05) is 0 Å². The smallest absolute Gasteiger partial charge is 0.0471 e. The highest BCUT2D eigenvalue weighted by Crippen LogP contribution is 2.38. The van der Waals surface area contributed by atoms with E-state index in [0.29, 0.717) is 11.5 Å². The fraction of sp³-hybridized carbons (Fsp3) is 1.00. The second-order valence-corrected chi connectivity index (χ2v) is 12.4. The van der Waals surface area contributed by atoms with Crippen LogP contribution in [0.15, 0.2) is 0 Å². The van der Waals surface area contributed by atoms with Crippen molar-refractivity contribution < 1.29 is 4.74 Å². The van der Waals surface area contributed by atoms with Crippen LogP contribution >= 0.6 is 0 Å². The molecule has 0 aromatic rings. The van der Waals surface area contributed by atoms with Crippen LogP contribution in [-0.2, 0) is 4.74 Å². The third-order valence-corrected chi connectivity index (χ3v) is 5.15. The van der Waals surface area contributed by atoms with Gasteiger partial charge in [-0.25, -0.2) is 0 Å². The topological polar surface area (TPSA) is 21.3 Å². The Morgan fingerprint density at radius 2 is 1.75 bits per heavy atom. The minimum absolute atomic E-state index is 0.521. The summed E-state index contributed by atoms with van der Waals surface area (Å²) in [6, 6.07) is 2.03. The molecule has 0 atom stereocenters. The molecule has 0 aromatic carbocycles. The van der Waals surface area contributed by atoms with Gasteiger partial charge in [-0.2, -0.15) is 0 Å². The zero-order valence-corrected chi connectivity index (χ0v) is 12.7. The SMILES string of the molecule is CC(C)NCC1(C[Si](C)(C)C)CCOCC1. The lowest BCUT2D eigenvalue weighted by molar-refractivity contribution is 0.0227. The van der Waals surface area contributed by atoms with Gasteiger partial charge in [0.25, 0.3) is 0 Å². The first-order chi connectivity index (χ1) is 7.33. The molecule has 1 aliphatic rings. The maximum Gasteiger partial charge on any atom is 0.0471 e. The quantitative estimate of drug-likeness (QED) is 0.749. The molecule has 1 aliphatic heterocycles. The number of rotatable bonds is 5. The van der Waals surface area contributed by atoms with Gasteiger partial charge in [0.2, 0.25) is 0 Å². The Kier molecular flexibility index (Phi) is 5.01. The summed E-state index contributed by atoms with van der Waals surface area (Å²) >= 11 is 0. The normalized spacial score (nSPS) is 21.4. The molecule has 1 rings (SSSR count). The van der Waals surface area contributed by atoms with Gasteiger partial charge in [-0.05, 0) is 18.3 Å². The average molecular weight is 243 g/mol. The van der Waals surface area contributed by atoms with E-state index in [9.17, 15) is 0 Å². The molecule has 0 bridgehead atoms. The lowest BCUT2D eigenvalue weighted by atomic mass is 9.82. The van der Waals surface area contributed by atoms with E-state index in [1.165, 1.54) is 25.4 Å². The molecule has 0 unspecified atom stereocenters. The van der Waals surface area contributed by atoms with Gasteiger partial charge in [-0.1, -0.05) is 39.5 Å². The lowest BCUT2D eigenvalue weighted by Gasteiger charge is -2.41. The van der Waals surface area contributed by atoms with Gasteiger partial charge < -0.3 is 10.1 Å². The Morgan fingerprint density at radius 3 is 2.19 bits per heavy atom. The fourth-order valence-electron chi connectivity index (χ4n) is 2.77. The van der Waals surface area contributed by atoms with E-state index >= 15 is 0 Å². The Balaban J connectivity index is 2.60. The number of nitrogens with one attached hydrogen (secondary N) is 1. The minimum atomic E-state index is -0.985. The van der Waals surface area contributed by atoms with E-state index in [-0.39, 0.29) is 0 Å². The highest BCUT2D eigenvalue weighted by Gasteiger charge is 2.36. The van der Waals surface area contributed by atoms with Gasteiger partial charge in [-0.3, -0.25) is 0 Å². The van der Waals surface area contributed by atoms with E-state index in [1.54, 1.807) is 0 Å². The maximum absolute atomic E-state index is 5.53. The van der Waals surface area contributed by atoms with Crippen molar-refractivity contribution in [3.63, 3.8) is 0 Å². The molecule has 0 radical (unpaired) electrons. The highest BCUT2D eigenvalue weighted by atomic mass is 28.3. The molecule has 1 saturated heterocycles. The minimum Gasteiger partial charge on any atom is -0.381 e. The van der Waals surface area contributed by atoms with Crippen LogP contribution in [0.3, 0.4) is 0 Å². The zero-order chi connectivity index (χ0) is 12.2. The molecule has 0 saturated carbocycles. The second-order valence-electron chi connectivity index (χ2n) is 6.89.